The molecule has 1 aliphatic heterocycles. The summed E-state index contributed by atoms with van der Waals surface area (Å²) in [7, 11) is 0. The van der Waals surface area contributed by atoms with Crippen LogP contribution in [0, 0.1) is 18.6 Å². The minimum absolute atomic E-state index is 0.0287. The Morgan fingerprint density at radius 2 is 1.66 bits per heavy atom. The maximum absolute atomic E-state index is 15.5. The molecule has 2 heterocycles. The Balaban J connectivity index is 1.39. The molecule has 1 aliphatic rings. The van der Waals surface area contributed by atoms with Gasteiger partial charge in [0, 0.05) is 24.3 Å². The van der Waals surface area contributed by atoms with E-state index in [1.807, 2.05) is 30.3 Å². The normalized spacial score (nSPS) is 15.2. The number of carboxylic acid groups (broad SMARTS) is 1. The molecule has 3 aromatic carbocycles. The van der Waals surface area contributed by atoms with Gasteiger partial charge in [0.2, 0.25) is 0 Å². The highest BCUT2D eigenvalue weighted by molar-refractivity contribution is 7.10. The number of carbonyl (C=O) groups is 2. The summed E-state index contributed by atoms with van der Waals surface area (Å²) in [5.41, 5.74) is 1.40. The molecule has 0 radical (unpaired) electrons. The van der Waals surface area contributed by atoms with E-state index < -0.39 is 35.2 Å². The number of carbonyl (C=O) groups excluding carboxylic acids is 1. The Labute approximate surface area is 239 Å². The van der Waals surface area contributed by atoms with Crippen molar-refractivity contribution in [2.24, 2.45) is 0 Å². The average molecular weight is 579 g/mol. The maximum atomic E-state index is 15.5. The zero-order valence-corrected chi connectivity index (χ0v) is 23.3. The summed E-state index contributed by atoms with van der Waals surface area (Å²) in [6.45, 7) is 4.07. The highest BCUT2D eigenvalue weighted by Gasteiger charge is 2.41. The van der Waals surface area contributed by atoms with Crippen LogP contribution >= 0.6 is 11.5 Å². The van der Waals surface area contributed by atoms with E-state index in [1.54, 1.807) is 38.1 Å². The lowest BCUT2D eigenvalue weighted by Gasteiger charge is -2.33. The van der Waals surface area contributed by atoms with Crippen molar-refractivity contribution in [3.05, 3.63) is 95.2 Å². The van der Waals surface area contributed by atoms with E-state index in [1.165, 1.54) is 0 Å². The fourth-order valence-electron chi connectivity index (χ4n) is 5.04. The number of aliphatic carboxylic acids is 1. The van der Waals surface area contributed by atoms with Crippen LogP contribution in [0.2, 0.25) is 0 Å². The summed E-state index contributed by atoms with van der Waals surface area (Å²) in [4.78, 5) is 25.0. The number of anilines is 1. The van der Waals surface area contributed by atoms with Gasteiger partial charge in [-0.1, -0.05) is 54.6 Å². The summed E-state index contributed by atoms with van der Waals surface area (Å²) in [5, 5.41) is 12.6. The SMILES string of the molecule is Cc1nsc(-c2cc(F)c(-c3ccc(C4(C(=O)O)CCOCC4)cc3)cc2F)c1NC(=O)OC(C)c1ccccc1. The Kier molecular flexibility index (Phi) is 8.14. The molecule has 0 bridgehead atoms. The molecule has 212 valence electrons. The molecule has 5 rings (SSSR count). The highest BCUT2D eigenvalue weighted by Crippen LogP contribution is 2.40. The van der Waals surface area contributed by atoms with Gasteiger partial charge in [-0.2, -0.15) is 4.37 Å². The van der Waals surface area contributed by atoms with Gasteiger partial charge in [-0.15, -0.1) is 0 Å². The summed E-state index contributed by atoms with van der Waals surface area (Å²) < 4.78 is 45.9. The highest BCUT2D eigenvalue weighted by atomic mass is 32.1. The molecule has 0 aliphatic carbocycles. The second-order valence-corrected chi connectivity index (χ2v) is 10.7. The van der Waals surface area contributed by atoms with Crippen LogP contribution in [-0.4, -0.2) is 34.8 Å². The van der Waals surface area contributed by atoms with Crippen LogP contribution in [0.25, 0.3) is 21.6 Å². The lowest BCUT2D eigenvalue weighted by atomic mass is 9.74. The number of benzene rings is 3. The molecule has 1 amide bonds. The number of carboxylic acids is 1. The quantitative estimate of drug-likeness (QED) is 0.236. The molecule has 4 aromatic rings. The maximum Gasteiger partial charge on any atom is 0.412 e. The number of amides is 1. The van der Waals surface area contributed by atoms with Crippen molar-refractivity contribution in [1.82, 2.24) is 4.37 Å². The number of halogens is 2. The molecule has 1 fully saturated rings. The second-order valence-electron chi connectivity index (χ2n) is 9.94. The van der Waals surface area contributed by atoms with E-state index in [-0.39, 0.29) is 21.7 Å². The number of hydrogen-bond donors (Lipinski definition) is 2. The molecule has 0 spiro atoms. The van der Waals surface area contributed by atoms with Gasteiger partial charge in [0.05, 0.1) is 21.7 Å². The molecule has 1 atom stereocenters. The van der Waals surface area contributed by atoms with Gasteiger partial charge in [-0.3, -0.25) is 10.1 Å². The van der Waals surface area contributed by atoms with Gasteiger partial charge in [-0.25, -0.2) is 13.6 Å². The number of aromatic nitrogens is 1. The Morgan fingerprint density at radius 3 is 2.32 bits per heavy atom. The first-order valence-corrected chi connectivity index (χ1v) is 13.9. The number of aryl methyl sites for hydroxylation is 1. The molecule has 41 heavy (non-hydrogen) atoms. The summed E-state index contributed by atoms with van der Waals surface area (Å²) in [6, 6.07) is 17.9. The third-order valence-electron chi connectivity index (χ3n) is 7.45. The number of rotatable bonds is 7. The van der Waals surface area contributed by atoms with Crippen LogP contribution in [0.5, 0.6) is 0 Å². The zero-order valence-electron chi connectivity index (χ0n) is 22.4. The molecule has 2 N–H and O–H groups in total. The van der Waals surface area contributed by atoms with Crippen molar-refractivity contribution in [3.63, 3.8) is 0 Å². The predicted octanol–water partition coefficient (Wildman–Crippen LogP) is 7.51. The van der Waals surface area contributed by atoms with Gasteiger partial charge in [0.15, 0.2) is 0 Å². The van der Waals surface area contributed by atoms with Gasteiger partial charge in [-0.05, 0) is 67.0 Å². The van der Waals surface area contributed by atoms with Crippen LogP contribution in [0.1, 0.15) is 42.7 Å². The number of nitrogens with zero attached hydrogens (tertiary/aromatic N) is 1. The third-order valence-corrected chi connectivity index (χ3v) is 8.42. The first-order chi connectivity index (χ1) is 19.7. The lowest BCUT2D eigenvalue weighted by Crippen LogP contribution is -2.41. The number of nitrogens with one attached hydrogen (secondary N) is 1. The molecule has 0 saturated carbocycles. The predicted molar refractivity (Wildman–Crippen MR) is 152 cm³/mol. The second kappa shape index (κ2) is 11.8. The van der Waals surface area contributed by atoms with Crippen molar-refractivity contribution >= 4 is 29.3 Å². The van der Waals surface area contributed by atoms with E-state index in [0.717, 1.165) is 29.2 Å². The van der Waals surface area contributed by atoms with Crippen molar-refractivity contribution in [3.8, 4) is 21.6 Å². The standard InChI is InChI=1S/C31H28F2N2O5S/c1-18-27(34-30(38)40-19(2)20-6-4-3-5-7-20)28(41-35-18)24-17-25(32)23(16-26(24)33)21-8-10-22(11-9-21)31(29(36)37)12-14-39-15-13-31/h3-11,16-17,19H,12-15H2,1-2H3,(H,34,38)(H,36,37). The van der Waals surface area contributed by atoms with Crippen molar-refractivity contribution in [2.45, 2.75) is 38.2 Å². The van der Waals surface area contributed by atoms with E-state index in [0.29, 0.717) is 42.9 Å². The van der Waals surface area contributed by atoms with Gasteiger partial charge in [0.25, 0.3) is 0 Å². The van der Waals surface area contributed by atoms with E-state index in [9.17, 15) is 14.7 Å². The van der Waals surface area contributed by atoms with Crippen LogP contribution in [0.15, 0.2) is 66.7 Å². The Bertz CT molecular complexity index is 1570. The smallest absolute Gasteiger partial charge is 0.412 e. The first-order valence-electron chi connectivity index (χ1n) is 13.1. The minimum Gasteiger partial charge on any atom is -0.481 e. The van der Waals surface area contributed by atoms with Gasteiger partial charge < -0.3 is 14.6 Å². The molecule has 7 nitrogen and oxygen atoms in total. The zero-order chi connectivity index (χ0) is 29.1. The van der Waals surface area contributed by atoms with Crippen LogP contribution in [0.4, 0.5) is 19.3 Å². The fraction of sp³-hybridized carbons (Fsp3) is 0.258. The average Bonchev–Trinajstić information content (AvgIpc) is 3.33. The molecular formula is C31H28F2N2O5S. The van der Waals surface area contributed by atoms with Crippen LogP contribution < -0.4 is 5.32 Å². The molecule has 10 heteroatoms. The van der Waals surface area contributed by atoms with Crippen molar-refractivity contribution in [1.29, 1.82) is 0 Å². The van der Waals surface area contributed by atoms with E-state index in [4.69, 9.17) is 9.47 Å². The molecule has 1 saturated heterocycles. The van der Waals surface area contributed by atoms with Crippen LogP contribution in [0.3, 0.4) is 0 Å². The topological polar surface area (TPSA) is 97.8 Å². The monoisotopic (exact) mass is 578 g/mol. The number of ether oxygens (including phenoxy) is 2. The molecule has 1 unspecified atom stereocenters. The number of hydrogen-bond acceptors (Lipinski definition) is 6. The lowest BCUT2D eigenvalue weighted by molar-refractivity contribution is -0.147. The molecular weight excluding hydrogens is 550 g/mol. The summed E-state index contributed by atoms with van der Waals surface area (Å²) in [5.74, 6) is -2.31. The van der Waals surface area contributed by atoms with E-state index in [2.05, 4.69) is 9.69 Å². The largest absolute Gasteiger partial charge is 0.481 e. The Morgan fingerprint density at radius 1 is 1.02 bits per heavy atom. The van der Waals surface area contributed by atoms with Crippen molar-refractivity contribution < 1.29 is 33.0 Å². The molecule has 1 aromatic heterocycles. The third kappa shape index (κ3) is 5.71. The summed E-state index contributed by atoms with van der Waals surface area (Å²) >= 11 is 0.938. The summed E-state index contributed by atoms with van der Waals surface area (Å²) in [6.07, 6.45) is -0.596. The Hall–Kier alpha value is -4.15. The minimum atomic E-state index is -1.07. The van der Waals surface area contributed by atoms with Crippen molar-refractivity contribution in [2.75, 3.05) is 18.5 Å². The first kappa shape index (κ1) is 28.4. The van der Waals surface area contributed by atoms with E-state index >= 15 is 8.78 Å². The van der Waals surface area contributed by atoms with Gasteiger partial charge >= 0.3 is 12.1 Å². The van der Waals surface area contributed by atoms with Gasteiger partial charge in [0.1, 0.15) is 17.7 Å². The fourth-order valence-corrected chi connectivity index (χ4v) is 5.91. The van der Waals surface area contributed by atoms with Crippen LogP contribution in [-0.2, 0) is 19.7 Å².